The molecule has 1 nitrogen and oxygen atoms in total. The van der Waals surface area contributed by atoms with E-state index in [1.54, 1.807) is 0 Å². The minimum atomic E-state index is 0. The van der Waals surface area contributed by atoms with Crippen molar-refractivity contribution in [2.24, 2.45) is 0 Å². The molecule has 0 bridgehead atoms. The third kappa shape index (κ3) is 4.49. The molecule has 9 heavy (non-hydrogen) atoms. The van der Waals surface area contributed by atoms with E-state index in [2.05, 4.69) is 35.0 Å². The van der Waals surface area contributed by atoms with Crippen LogP contribution in [0.4, 0.5) is 0 Å². The lowest BCUT2D eigenvalue weighted by molar-refractivity contribution is -0.831. The summed E-state index contributed by atoms with van der Waals surface area (Å²) in [5, 5.41) is 0. The van der Waals surface area contributed by atoms with Gasteiger partial charge in [0.05, 0.1) is 21.1 Å². The number of nitrogens with zero attached hydrogens (tertiary/aromatic N) is 1. The summed E-state index contributed by atoms with van der Waals surface area (Å²) < 4.78 is 0.878. The molecule has 55 valence electrons. The van der Waals surface area contributed by atoms with Crippen LogP contribution in [0, 0.1) is 6.92 Å². The van der Waals surface area contributed by atoms with E-state index in [1.807, 2.05) is 6.08 Å². The molecule has 0 spiro atoms. The maximum absolute atomic E-state index is 3.67. The zero-order chi connectivity index (χ0) is 6.78. The predicted molar refractivity (Wildman–Crippen MR) is 37.1 cm³/mol. The molecule has 0 amide bonds. The minimum absolute atomic E-state index is 0. The largest absolute Gasteiger partial charge is 1.00 e. The number of hydrogen-bond acceptors (Lipinski definition) is 0. The molecule has 0 aromatic heterocycles. The van der Waals surface area contributed by atoms with Gasteiger partial charge in [-0.3, -0.25) is 0 Å². The summed E-state index contributed by atoms with van der Waals surface area (Å²) in [6, 6.07) is 0. The van der Waals surface area contributed by atoms with Gasteiger partial charge in [0.1, 0.15) is 5.70 Å². The maximum Gasteiger partial charge on any atom is 0.101 e. The summed E-state index contributed by atoms with van der Waals surface area (Å²) >= 11 is 0. The molecule has 0 aromatic carbocycles. The quantitative estimate of drug-likeness (QED) is 0.395. The van der Waals surface area contributed by atoms with Crippen LogP contribution in [0.5, 0.6) is 0 Å². The summed E-state index contributed by atoms with van der Waals surface area (Å²) in [6.07, 6.45) is 1.89. The van der Waals surface area contributed by atoms with Crippen molar-refractivity contribution >= 4 is 0 Å². The van der Waals surface area contributed by atoms with Crippen molar-refractivity contribution in [3.8, 4) is 0 Å². The molecule has 0 rings (SSSR count). The third-order valence-corrected chi connectivity index (χ3v) is 1.35. The van der Waals surface area contributed by atoms with Gasteiger partial charge in [-0.1, -0.05) is 0 Å². The summed E-state index contributed by atoms with van der Waals surface area (Å²) in [5.74, 6) is 0. The van der Waals surface area contributed by atoms with Crippen LogP contribution in [0.15, 0.2) is 11.8 Å². The van der Waals surface area contributed by atoms with Gasteiger partial charge in [0.2, 0.25) is 0 Å². The van der Waals surface area contributed by atoms with Crippen LogP contribution in [-0.4, -0.2) is 25.6 Å². The smallest absolute Gasteiger partial charge is 0.101 e. The number of quaternary nitrogens is 1. The van der Waals surface area contributed by atoms with Crippen molar-refractivity contribution in [3.63, 3.8) is 0 Å². The average Bonchev–Trinajstić information content (AvgIpc) is 1.62. The Morgan fingerprint density at radius 3 is 1.67 bits per heavy atom. The first-order valence-corrected chi connectivity index (χ1v) is 2.76. The van der Waals surface area contributed by atoms with Crippen LogP contribution in [0.1, 0.15) is 6.92 Å². The molecular weight excluding hydrogens is 134 g/mol. The second-order valence-electron chi connectivity index (χ2n) is 2.86. The van der Waals surface area contributed by atoms with Gasteiger partial charge < -0.3 is 16.9 Å². The lowest BCUT2D eigenvalue weighted by Crippen LogP contribution is -3.00. The highest BCUT2D eigenvalue weighted by molar-refractivity contribution is 4.89. The molecule has 1 radical (unpaired) electrons. The van der Waals surface area contributed by atoms with Crippen LogP contribution >= 0.6 is 0 Å². The van der Waals surface area contributed by atoms with Gasteiger partial charge in [0.25, 0.3) is 0 Å². The van der Waals surface area contributed by atoms with Gasteiger partial charge in [0.15, 0.2) is 0 Å². The summed E-state index contributed by atoms with van der Waals surface area (Å²) in [7, 11) is 6.37. The first-order chi connectivity index (χ1) is 3.48. The van der Waals surface area contributed by atoms with Gasteiger partial charge in [-0.15, -0.1) is 0 Å². The summed E-state index contributed by atoms with van der Waals surface area (Å²) in [4.78, 5) is 0. The SMILES string of the molecule is [CH2]C=C(C)[N+](C)(C)C.[Cl-]. The van der Waals surface area contributed by atoms with Gasteiger partial charge in [-0.2, -0.15) is 0 Å². The van der Waals surface area contributed by atoms with E-state index in [4.69, 9.17) is 0 Å². The Labute approximate surface area is 64.4 Å². The molecule has 0 atom stereocenters. The summed E-state index contributed by atoms with van der Waals surface area (Å²) in [5.41, 5.74) is 1.28. The monoisotopic (exact) mass is 148 g/mol. The Balaban J connectivity index is 0. The fourth-order valence-corrected chi connectivity index (χ4v) is 0.274. The molecule has 0 fully saturated rings. The normalized spacial score (nSPS) is 12.8. The first kappa shape index (κ1) is 11.7. The Kier molecular flexibility index (Phi) is 5.11. The van der Waals surface area contributed by atoms with Gasteiger partial charge in [-0.25, -0.2) is 0 Å². The van der Waals surface area contributed by atoms with Crippen molar-refractivity contribution in [1.82, 2.24) is 0 Å². The van der Waals surface area contributed by atoms with E-state index in [9.17, 15) is 0 Å². The van der Waals surface area contributed by atoms with Crippen molar-refractivity contribution in [3.05, 3.63) is 18.7 Å². The Hall–Kier alpha value is -0.0100. The molecule has 0 aliphatic rings. The van der Waals surface area contributed by atoms with E-state index < -0.39 is 0 Å². The highest BCUT2D eigenvalue weighted by Crippen LogP contribution is 2.03. The van der Waals surface area contributed by atoms with Crippen LogP contribution in [0.3, 0.4) is 0 Å². The molecule has 2 heteroatoms. The Morgan fingerprint density at radius 1 is 1.33 bits per heavy atom. The molecule has 0 aliphatic carbocycles. The molecule has 0 saturated carbocycles. The molecule has 0 N–H and O–H groups in total. The van der Waals surface area contributed by atoms with Crippen molar-refractivity contribution < 1.29 is 16.9 Å². The molecule has 0 aromatic rings. The molecule has 0 unspecified atom stereocenters. The van der Waals surface area contributed by atoms with E-state index in [0.717, 1.165) is 4.48 Å². The Bertz CT molecular complexity index is 100.0. The third-order valence-electron chi connectivity index (χ3n) is 1.35. The van der Waals surface area contributed by atoms with Crippen molar-refractivity contribution in [1.29, 1.82) is 0 Å². The molecule has 0 heterocycles. The Morgan fingerprint density at radius 2 is 1.67 bits per heavy atom. The lowest BCUT2D eigenvalue weighted by atomic mass is 10.4. The number of allylic oxidation sites excluding steroid dienone is 2. The molecule has 0 saturated heterocycles. The van der Waals surface area contributed by atoms with Crippen LogP contribution in [0.25, 0.3) is 0 Å². The fourth-order valence-electron chi connectivity index (χ4n) is 0.274. The van der Waals surface area contributed by atoms with Crippen LogP contribution in [0.2, 0.25) is 0 Å². The lowest BCUT2D eigenvalue weighted by Gasteiger charge is -2.23. The minimum Gasteiger partial charge on any atom is -1.00 e. The van der Waals surface area contributed by atoms with E-state index in [0.29, 0.717) is 0 Å². The van der Waals surface area contributed by atoms with E-state index in [1.165, 1.54) is 5.70 Å². The summed E-state index contributed by atoms with van der Waals surface area (Å²) in [6.45, 7) is 5.75. The highest BCUT2D eigenvalue weighted by Gasteiger charge is 2.07. The number of halogens is 1. The molecular formula is C7H15ClN. The van der Waals surface area contributed by atoms with Crippen molar-refractivity contribution in [2.45, 2.75) is 6.92 Å². The van der Waals surface area contributed by atoms with E-state index >= 15 is 0 Å². The zero-order valence-corrected chi connectivity index (χ0v) is 7.37. The van der Waals surface area contributed by atoms with Crippen LogP contribution in [-0.2, 0) is 0 Å². The van der Waals surface area contributed by atoms with Gasteiger partial charge >= 0.3 is 0 Å². The number of rotatable bonds is 1. The van der Waals surface area contributed by atoms with Gasteiger partial charge in [0, 0.05) is 6.92 Å². The predicted octanol–water partition coefficient (Wildman–Crippen LogP) is -1.57. The fraction of sp³-hybridized carbons (Fsp3) is 0.571. The van der Waals surface area contributed by atoms with Crippen molar-refractivity contribution in [2.75, 3.05) is 21.1 Å². The maximum atomic E-state index is 3.67. The average molecular weight is 149 g/mol. The molecule has 0 aliphatic heterocycles. The van der Waals surface area contributed by atoms with Gasteiger partial charge in [-0.05, 0) is 13.0 Å². The standard InChI is InChI=1S/C7H15N.ClH/c1-6-7(2)8(3,4)5;/h6H,1H2,2-5H3;1H/q+1;/p-1. The topological polar surface area (TPSA) is 0 Å². The van der Waals surface area contributed by atoms with Crippen LogP contribution < -0.4 is 12.4 Å². The second-order valence-corrected chi connectivity index (χ2v) is 2.86. The highest BCUT2D eigenvalue weighted by atomic mass is 35.5. The second kappa shape index (κ2) is 3.91. The zero-order valence-electron chi connectivity index (χ0n) is 6.61. The first-order valence-electron chi connectivity index (χ1n) is 2.76. The number of hydrogen-bond donors (Lipinski definition) is 0. The van der Waals surface area contributed by atoms with E-state index in [-0.39, 0.29) is 12.4 Å².